The number of rotatable bonds is 7. The van der Waals surface area contributed by atoms with Crippen LogP contribution >= 0.6 is 11.3 Å². The molecule has 0 aromatic carbocycles. The lowest BCUT2D eigenvalue weighted by Gasteiger charge is -2.13. The number of esters is 1. The van der Waals surface area contributed by atoms with Gasteiger partial charge < -0.3 is 4.74 Å². The first-order valence-electron chi connectivity index (χ1n) is 5.98. The molecule has 0 bridgehead atoms. The van der Waals surface area contributed by atoms with Gasteiger partial charge in [-0.15, -0.1) is 11.3 Å². The SMILES string of the molecule is CCCCC(CC)COC(=O)c1cccs1. The molecule has 0 fully saturated rings. The van der Waals surface area contributed by atoms with Gasteiger partial charge in [-0.1, -0.05) is 39.2 Å². The zero-order valence-electron chi connectivity index (χ0n) is 10.1. The van der Waals surface area contributed by atoms with Gasteiger partial charge in [0.15, 0.2) is 0 Å². The predicted octanol–water partition coefficient (Wildman–Crippen LogP) is 4.12. The number of carbonyl (C=O) groups excluding carboxylic acids is 1. The molecule has 90 valence electrons. The molecule has 0 amide bonds. The van der Waals surface area contributed by atoms with Crippen molar-refractivity contribution >= 4 is 17.3 Å². The Labute approximate surface area is 102 Å². The van der Waals surface area contributed by atoms with Gasteiger partial charge in [0, 0.05) is 0 Å². The maximum absolute atomic E-state index is 11.6. The summed E-state index contributed by atoms with van der Waals surface area (Å²) in [5.41, 5.74) is 0. The minimum Gasteiger partial charge on any atom is -0.461 e. The summed E-state index contributed by atoms with van der Waals surface area (Å²) in [6.07, 6.45) is 4.66. The van der Waals surface area contributed by atoms with Gasteiger partial charge in [0.1, 0.15) is 4.88 Å². The van der Waals surface area contributed by atoms with Crippen molar-refractivity contribution in [1.82, 2.24) is 0 Å². The molecule has 16 heavy (non-hydrogen) atoms. The van der Waals surface area contributed by atoms with Gasteiger partial charge in [0.2, 0.25) is 0 Å². The molecule has 1 unspecified atom stereocenters. The highest BCUT2D eigenvalue weighted by Gasteiger charge is 2.12. The molecule has 0 aliphatic carbocycles. The third kappa shape index (κ3) is 4.35. The Hall–Kier alpha value is -0.830. The largest absolute Gasteiger partial charge is 0.461 e. The van der Waals surface area contributed by atoms with Crippen molar-refractivity contribution in [3.8, 4) is 0 Å². The van der Waals surface area contributed by atoms with Crippen molar-refractivity contribution in [2.24, 2.45) is 5.92 Å². The number of hydrogen-bond donors (Lipinski definition) is 0. The summed E-state index contributed by atoms with van der Waals surface area (Å²) in [5, 5.41) is 1.89. The highest BCUT2D eigenvalue weighted by atomic mass is 32.1. The first-order valence-corrected chi connectivity index (χ1v) is 6.86. The molecule has 0 saturated heterocycles. The van der Waals surface area contributed by atoms with Gasteiger partial charge in [-0.25, -0.2) is 4.79 Å². The van der Waals surface area contributed by atoms with Crippen molar-refractivity contribution < 1.29 is 9.53 Å². The van der Waals surface area contributed by atoms with E-state index >= 15 is 0 Å². The van der Waals surface area contributed by atoms with E-state index in [0.29, 0.717) is 17.4 Å². The molecule has 3 heteroatoms. The lowest BCUT2D eigenvalue weighted by Crippen LogP contribution is -2.13. The van der Waals surface area contributed by atoms with Crippen LogP contribution in [0.25, 0.3) is 0 Å². The fraction of sp³-hybridized carbons (Fsp3) is 0.615. The van der Waals surface area contributed by atoms with Crippen LogP contribution in [0.5, 0.6) is 0 Å². The van der Waals surface area contributed by atoms with Crippen molar-refractivity contribution in [3.63, 3.8) is 0 Å². The van der Waals surface area contributed by atoms with Gasteiger partial charge in [-0.2, -0.15) is 0 Å². The first-order chi connectivity index (χ1) is 7.77. The Morgan fingerprint density at radius 3 is 2.88 bits per heavy atom. The molecule has 1 heterocycles. The molecule has 0 N–H and O–H groups in total. The van der Waals surface area contributed by atoms with Crippen LogP contribution in [0, 0.1) is 5.92 Å². The van der Waals surface area contributed by atoms with Crippen LogP contribution in [0.1, 0.15) is 49.2 Å². The fourth-order valence-electron chi connectivity index (χ4n) is 1.56. The zero-order valence-corrected chi connectivity index (χ0v) is 10.9. The Morgan fingerprint density at radius 2 is 2.31 bits per heavy atom. The van der Waals surface area contributed by atoms with Crippen LogP contribution < -0.4 is 0 Å². The molecule has 0 aliphatic heterocycles. The molecule has 1 aromatic rings. The Morgan fingerprint density at radius 1 is 1.50 bits per heavy atom. The van der Waals surface area contributed by atoms with Gasteiger partial charge in [-0.3, -0.25) is 0 Å². The van der Waals surface area contributed by atoms with E-state index in [1.165, 1.54) is 24.2 Å². The Bertz CT molecular complexity index is 293. The summed E-state index contributed by atoms with van der Waals surface area (Å²) >= 11 is 1.43. The lowest BCUT2D eigenvalue weighted by atomic mass is 10.0. The van der Waals surface area contributed by atoms with Crippen LogP contribution in [0.4, 0.5) is 0 Å². The molecule has 0 saturated carbocycles. The van der Waals surface area contributed by atoms with E-state index in [-0.39, 0.29) is 5.97 Å². The van der Waals surface area contributed by atoms with Crippen molar-refractivity contribution in [1.29, 1.82) is 0 Å². The fourth-order valence-corrected chi connectivity index (χ4v) is 2.17. The molecule has 1 aromatic heterocycles. The molecule has 1 atom stereocenters. The Balaban J connectivity index is 2.29. The van der Waals surface area contributed by atoms with Gasteiger partial charge >= 0.3 is 5.97 Å². The van der Waals surface area contributed by atoms with Crippen LogP contribution in [0.2, 0.25) is 0 Å². The van der Waals surface area contributed by atoms with Crippen LogP contribution in [0.15, 0.2) is 17.5 Å². The van der Waals surface area contributed by atoms with E-state index in [2.05, 4.69) is 13.8 Å². The van der Waals surface area contributed by atoms with Crippen LogP contribution in [-0.4, -0.2) is 12.6 Å². The van der Waals surface area contributed by atoms with Gasteiger partial charge in [0.05, 0.1) is 6.61 Å². The summed E-state index contributed by atoms with van der Waals surface area (Å²) in [4.78, 5) is 12.3. The van der Waals surface area contributed by atoms with Gasteiger partial charge in [0.25, 0.3) is 0 Å². The van der Waals surface area contributed by atoms with E-state index in [1.807, 2.05) is 11.4 Å². The molecular formula is C13H20O2S. The minimum absolute atomic E-state index is 0.176. The molecule has 2 nitrogen and oxygen atoms in total. The smallest absolute Gasteiger partial charge is 0.348 e. The van der Waals surface area contributed by atoms with Crippen LogP contribution in [-0.2, 0) is 4.74 Å². The van der Waals surface area contributed by atoms with Crippen molar-refractivity contribution in [2.75, 3.05) is 6.61 Å². The highest BCUT2D eigenvalue weighted by molar-refractivity contribution is 7.11. The third-order valence-corrected chi connectivity index (χ3v) is 3.57. The average molecular weight is 240 g/mol. The summed E-state index contributed by atoms with van der Waals surface area (Å²) in [5.74, 6) is 0.341. The van der Waals surface area contributed by atoms with E-state index < -0.39 is 0 Å². The van der Waals surface area contributed by atoms with Crippen molar-refractivity contribution in [2.45, 2.75) is 39.5 Å². The van der Waals surface area contributed by atoms with E-state index in [0.717, 1.165) is 12.8 Å². The second-order valence-corrected chi connectivity index (χ2v) is 4.94. The minimum atomic E-state index is -0.176. The van der Waals surface area contributed by atoms with E-state index in [1.54, 1.807) is 6.07 Å². The molecule has 0 spiro atoms. The molecular weight excluding hydrogens is 220 g/mol. The summed E-state index contributed by atoms with van der Waals surface area (Å²) in [6, 6.07) is 3.68. The highest BCUT2D eigenvalue weighted by Crippen LogP contribution is 2.15. The maximum atomic E-state index is 11.6. The predicted molar refractivity (Wildman–Crippen MR) is 67.9 cm³/mol. The zero-order chi connectivity index (χ0) is 11.8. The van der Waals surface area contributed by atoms with E-state index in [9.17, 15) is 4.79 Å². The second-order valence-electron chi connectivity index (χ2n) is 3.99. The number of hydrogen-bond acceptors (Lipinski definition) is 3. The number of unbranched alkanes of at least 4 members (excludes halogenated alkanes) is 1. The number of carbonyl (C=O) groups is 1. The molecule has 1 rings (SSSR count). The molecule has 0 aliphatic rings. The summed E-state index contributed by atoms with van der Waals surface area (Å²) in [7, 11) is 0. The summed E-state index contributed by atoms with van der Waals surface area (Å²) < 4.78 is 5.31. The normalized spacial score (nSPS) is 12.4. The molecule has 0 radical (unpaired) electrons. The standard InChI is InChI=1S/C13H20O2S/c1-3-5-7-11(4-2)10-15-13(14)12-8-6-9-16-12/h6,8-9,11H,3-5,7,10H2,1-2H3. The van der Waals surface area contributed by atoms with Crippen LogP contribution in [0.3, 0.4) is 0 Å². The number of ether oxygens (including phenoxy) is 1. The quantitative estimate of drug-likeness (QED) is 0.670. The average Bonchev–Trinajstić information content (AvgIpc) is 2.82. The monoisotopic (exact) mass is 240 g/mol. The topological polar surface area (TPSA) is 26.3 Å². The van der Waals surface area contributed by atoms with Gasteiger partial charge in [-0.05, 0) is 23.8 Å². The lowest BCUT2D eigenvalue weighted by molar-refractivity contribution is 0.0434. The maximum Gasteiger partial charge on any atom is 0.348 e. The number of thiophene rings is 1. The first kappa shape index (κ1) is 13.2. The second kappa shape index (κ2) is 7.44. The summed E-state index contributed by atoms with van der Waals surface area (Å²) in [6.45, 7) is 4.90. The van der Waals surface area contributed by atoms with E-state index in [4.69, 9.17) is 4.74 Å². The Kier molecular flexibility index (Phi) is 6.16. The third-order valence-electron chi connectivity index (χ3n) is 2.72. The van der Waals surface area contributed by atoms with Crippen molar-refractivity contribution in [3.05, 3.63) is 22.4 Å².